The maximum Gasteiger partial charge on any atom is 0.957 e. The lowest BCUT2D eigenvalue weighted by Crippen LogP contribution is -2.30. The third kappa shape index (κ3) is 5.83. The van der Waals surface area contributed by atoms with Crippen LogP contribution in [0, 0.1) is 0 Å². The highest BCUT2D eigenvalue weighted by Gasteiger charge is 2.38. The molecule has 2 aromatic carbocycles. The van der Waals surface area contributed by atoms with E-state index in [2.05, 4.69) is 121 Å². The summed E-state index contributed by atoms with van der Waals surface area (Å²) in [5.74, 6) is 2.02. The Morgan fingerprint density at radius 3 is 1.18 bits per heavy atom. The van der Waals surface area contributed by atoms with E-state index in [1.54, 1.807) is 0 Å². The number of rotatable bonds is 0. The van der Waals surface area contributed by atoms with Gasteiger partial charge in [-0.15, -0.1) is 14.1 Å². The van der Waals surface area contributed by atoms with Crippen molar-refractivity contribution >= 4 is 27.0 Å². The molecule has 180 valence electrons. The van der Waals surface area contributed by atoms with E-state index in [4.69, 9.17) is 7.58 Å². The highest BCUT2D eigenvalue weighted by molar-refractivity contribution is 9.24. The molecule has 0 bridgehead atoms. The molecule has 0 radical (unpaired) electrons. The maximum atomic E-state index is 6.62. The van der Waals surface area contributed by atoms with Crippen molar-refractivity contribution in [2.75, 3.05) is 0 Å². The van der Waals surface area contributed by atoms with Crippen LogP contribution in [0.4, 0.5) is 0 Å². The van der Waals surface area contributed by atoms with Crippen LogP contribution >= 0.6 is 14.1 Å². The lowest BCUT2D eigenvalue weighted by atomic mass is 9.76. The molecule has 0 aromatic heterocycles. The highest BCUT2D eigenvalue weighted by atomic mass is 79.9. The van der Waals surface area contributed by atoms with Crippen molar-refractivity contribution in [1.82, 2.24) is 0 Å². The molecule has 0 saturated carbocycles. The van der Waals surface area contributed by atoms with Crippen LogP contribution in [0.3, 0.4) is 0 Å². The molecule has 0 fully saturated rings. The van der Waals surface area contributed by atoms with Gasteiger partial charge in [-0.3, -0.25) is 0 Å². The fourth-order valence-corrected chi connectivity index (χ4v) is 6.41. The molecule has 0 N–H and O–H groups in total. The zero-order chi connectivity index (χ0) is 25.1. The molecule has 0 atom stereocenters. The second-order valence-corrected chi connectivity index (χ2v) is 17.0. The Labute approximate surface area is 214 Å². The number of hydrogen-bond acceptors (Lipinski definition) is 2. The molecule has 3 rings (SSSR count). The maximum absolute atomic E-state index is 6.62. The lowest BCUT2D eigenvalue weighted by molar-refractivity contribution is 0.416. The molecule has 0 amide bonds. The van der Waals surface area contributed by atoms with Crippen LogP contribution < -0.4 is 7.58 Å². The van der Waals surface area contributed by atoms with E-state index in [9.17, 15) is 0 Å². The molecule has 0 unspecified atom stereocenters. The van der Waals surface area contributed by atoms with Crippen molar-refractivity contribution < 1.29 is 7.58 Å². The fourth-order valence-electron chi connectivity index (χ4n) is 4.31. The summed E-state index contributed by atoms with van der Waals surface area (Å²) in [5, 5.41) is 0. The smallest absolute Gasteiger partial charge is 0.603 e. The van der Waals surface area contributed by atoms with Gasteiger partial charge in [-0.1, -0.05) is 107 Å². The zero-order valence-electron chi connectivity index (χ0n) is 22.8. The first kappa shape index (κ1) is 26.7. The van der Waals surface area contributed by atoms with Gasteiger partial charge in [0.15, 0.2) is 0 Å². The largest absolute Gasteiger partial charge is 0.957 e. The van der Waals surface area contributed by atoms with Crippen molar-refractivity contribution in [3.63, 3.8) is 0 Å². The van der Waals surface area contributed by atoms with Crippen molar-refractivity contribution in [1.29, 1.82) is 0 Å². The Bertz CT molecular complexity index is 960. The Balaban J connectivity index is 2.36. The summed E-state index contributed by atoms with van der Waals surface area (Å²) < 4.78 is 13.2. The van der Waals surface area contributed by atoms with Crippen molar-refractivity contribution in [2.24, 2.45) is 0 Å². The van der Waals surface area contributed by atoms with Gasteiger partial charge in [0.2, 0.25) is 0 Å². The van der Waals surface area contributed by atoms with Gasteiger partial charge in [-0.2, -0.15) is 0 Å². The second-order valence-electron chi connectivity index (χ2n) is 13.7. The number of benzene rings is 2. The summed E-state index contributed by atoms with van der Waals surface area (Å²) in [5.41, 5.74) is 7.82. The van der Waals surface area contributed by atoms with Crippen LogP contribution in [-0.2, 0) is 28.1 Å². The quantitative estimate of drug-likeness (QED) is 0.318. The van der Waals surface area contributed by atoms with Crippen LogP contribution in [0.25, 0.3) is 0 Å². The average molecular weight is 530 g/mol. The molecule has 2 aromatic rings. The average Bonchev–Trinajstić information content (AvgIpc) is 2.58. The van der Waals surface area contributed by atoms with Crippen molar-refractivity contribution in [2.45, 2.75) is 111 Å². The third-order valence-corrected chi connectivity index (χ3v) is 8.45. The standard InChI is InChI=1S/C29H44O2.Al.BrH/c1-26(2,3)20-14-18(24(30)22(16-20)28(7,8)9)13-19-15-21(27(4,5)6)17-23(25(19)31)29(10,11)12;;/h14-17,30-31H,13H2,1-12H3;;1H/q;+3;/p-3. The predicted molar refractivity (Wildman–Crippen MR) is 146 cm³/mol. The molecule has 0 saturated heterocycles. The van der Waals surface area contributed by atoms with Gasteiger partial charge in [-0.25, -0.2) is 0 Å². The van der Waals surface area contributed by atoms with Crippen LogP contribution in [0.15, 0.2) is 24.3 Å². The van der Waals surface area contributed by atoms with E-state index < -0.39 is 13.0 Å². The normalized spacial score (nSPS) is 15.1. The summed E-state index contributed by atoms with van der Waals surface area (Å²) >= 11 is 1.68. The van der Waals surface area contributed by atoms with Gasteiger partial charge in [0.25, 0.3) is 0 Å². The predicted octanol–water partition coefficient (Wildman–Crippen LogP) is 8.62. The summed E-state index contributed by atoms with van der Waals surface area (Å²) in [6.07, 6.45) is 0.804. The molecule has 1 heterocycles. The summed E-state index contributed by atoms with van der Waals surface area (Å²) in [6, 6.07) is 9.44. The topological polar surface area (TPSA) is 18.5 Å². The molecule has 0 aliphatic carbocycles. The summed E-state index contributed by atoms with van der Waals surface area (Å²) in [4.78, 5) is 0. The molecule has 0 spiro atoms. The minimum atomic E-state index is -2.15. The Kier molecular flexibility index (Phi) is 6.96. The van der Waals surface area contributed by atoms with Gasteiger partial charge in [0.1, 0.15) is 0 Å². The van der Waals surface area contributed by atoms with Crippen LogP contribution in [-0.4, -0.2) is 13.0 Å². The van der Waals surface area contributed by atoms with Gasteiger partial charge in [0, 0.05) is 6.42 Å². The third-order valence-electron chi connectivity index (χ3n) is 6.48. The van der Waals surface area contributed by atoms with E-state index in [0.717, 1.165) is 17.9 Å². The fraction of sp³-hybridized carbons (Fsp3) is 0.586. The number of hydrogen-bond donors (Lipinski definition) is 0. The van der Waals surface area contributed by atoms with Gasteiger partial charge in [0.05, 0.1) is 11.5 Å². The minimum Gasteiger partial charge on any atom is -0.603 e. The van der Waals surface area contributed by atoms with Crippen LogP contribution in [0.5, 0.6) is 11.5 Å². The molecule has 4 heteroatoms. The van der Waals surface area contributed by atoms with E-state index in [-0.39, 0.29) is 21.7 Å². The van der Waals surface area contributed by atoms with Crippen molar-refractivity contribution in [3.8, 4) is 11.5 Å². The molecule has 2 nitrogen and oxygen atoms in total. The van der Waals surface area contributed by atoms with Crippen LogP contribution in [0.1, 0.15) is 116 Å². The first-order valence-corrected chi connectivity index (χ1v) is 16.2. The Morgan fingerprint density at radius 1 is 0.576 bits per heavy atom. The lowest BCUT2D eigenvalue weighted by Gasteiger charge is -2.34. The zero-order valence-corrected chi connectivity index (χ0v) is 25.5. The van der Waals surface area contributed by atoms with E-state index in [1.807, 2.05) is 0 Å². The monoisotopic (exact) mass is 528 g/mol. The van der Waals surface area contributed by atoms with E-state index in [1.165, 1.54) is 33.4 Å². The van der Waals surface area contributed by atoms with Crippen molar-refractivity contribution in [3.05, 3.63) is 57.6 Å². The molecular weight excluding hydrogens is 487 g/mol. The number of halogens is 1. The SMILES string of the molecule is CC(C)(C)c1cc2c(c(C(C)(C)C)c1)[O][Al]([Br])[O]c1c(cc(C(C)(C)C)cc1C(C)(C)C)C2. The first-order valence-electron chi connectivity index (χ1n) is 12.1. The van der Waals surface area contributed by atoms with Crippen LogP contribution in [0.2, 0.25) is 0 Å². The summed E-state index contributed by atoms with van der Waals surface area (Å²) in [7, 11) is 0. The number of fused-ring (bicyclic) bond motifs is 2. The second kappa shape index (κ2) is 8.62. The minimum absolute atomic E-state index is 0.0294. The van der Waals surface area contributed by atoms with E-state index in [0.29, 0.717) is 0 Å². The van der Waals surface area contributed by atoms with Gasteiger partial charge < -0.3 is 7.58 Å². The molecule has 33 heavy (non-hydrogen) atoms. The Hall–Kier alpha value is -0.948. The summed E-state index contributed by atoms with van der Waals surface area (Å²) in [6.45, 7) is 27.4. The molecule has 1 aliphatic heterocycles. The Morgan fingerprint density at radius 2 is 0.909 bits per heavy atom. The van der Waals surface area contributed by atoms with Gasteiger partial charge in [-0.05, 0) is 55.0 Å². The van der Waals surface area contributed by atoms with Gasteiger partial charge >= 0.3 is 13.0 Å². The molecule has 1 aliphatic rings. The first-order chi connectivity index (χ1) is 14.8. The molecular formula is C29H42AlBrO2. The van der Waals surface area contributed by atoms with E-state index >= 15 is 0 Å². The highest BCUT2D eigenvalue weighted by Crippen LogP contribution is 2.45.